The van der Waals surface area contributed by atoms with Gasteiger partial charge in [0.2, 0.25) is 0 Å². The molecule has 1 aromatic carbocycles. The molecule has 0 fully saturated rings. The predicted molar refractivity (Wildman–Crippen MR) is 108 cm³/mol. The van der Waals surface area contributed by atoms with Gasteiger partial charge in [-0.25, -0.2) is 4.98 Å². The molecule has 0 aliphatic heterocycles. The van der Waals surface area contributed by atoms with Crippen molar-refractivity contribution in [3.8, 4) is 5.75 Å². The van der Waals surface area contributed by atoms with Crippen molar-refractivity contribution in [2.24, 2.45) is 0 Å². The normalized spacial score (nSPS) is 12.9. The van der Waals surface area contributed by atoms with Gasteiger partial charge in [0.1, 0.15) is 21.7 Å². The molecule has 2 aromatic heterocycles. The first-order valence-electron chi connectivity index (χ1n) is 8.56. The molecule has 0 aliphatic rings. The zero-order valence-electron chi connectivity index (χ0n) is 15.7. The molecule has 0 saturated heterocycles. The van der Waals surface area contributed by atoms with E-state index in [0.29, 0.717) is 16.0 Å². The van der Waals surface area contributed by atoms with Gasteiger partial charge < -0.3 is 9.72 Å². The highest BCUT2D eigenvalue weighted by atomic mass is 32.2. The van der Waals surface area contributed by atoms with Crippen LogP contribution in [0.15, 0.2) is 29.1 Å². The molecule has 10 heteroatoms. The summed E-state index contributed by atoms with van der Waals surface area (Å²) in [5, 5.41) is -0.207. The van der Waals surface area contributed by atoms with Gasteiger partial charge in [-0.1, -0.05) is 12.1 Å². The molecule has 3 aromatic rings. The number of hydrogen-bond donors (Lipinski definition) is 1. The summed E-state index contributed by atoms with van der Waals surface area (Å²) in [5.74, 6) is -0.741. The number of esters is 1. The summed E-state index contributed by atoms with van der Waals surface area (Å²) in [7, 11) is 0. The minimum absolute atomic E-state index is 0.207. The van der Waals surface area contributed by atoms with Crippen LogP contribution in [0.25, 0.3) is 10.2 Å². The quantitative estimate of drug-likeness (QED) is 0.452. The number of rotatable bonds is 5. The molecule has 3 rings (SSSR count). The number of aryl methyl sites for hydroxylation is 2. The summed E-state index contributed by atoms with van der Waals surface area (Å²) < 4.78 is 44.0. The molecule has 0 amide bonds. The molecule has 1 atom stereocenters. The number of aromatic amines is 1. The molecule has 29 heavy (non-hydrogen) atoms. The van der Waals surface area contributed by atoms with E-state index in [1.54, 1.807) is 0 Å². The van der Waals surface area contributed by atoms with Gasteiger partial charge in [0.15, 0.2) is 0 Å². The maximum absolute atomic E-state index is 13.0. The Morgan fingerprint density at radius 2 is 2.00 bits per heavy atom. The molecular formula is C19H17F3N2O3S2. The van der Waals surface area contributed by atoms with Crippen molar-refractivity contribution in [2.75, 3.05) is 0 Å². The van der Waals surface area contributed by atoms with Crippen molar-refractivity contribution in [2.45, 2.75) is 38.0 Å². The molecule has 0 aliphatic carbocycles. The number of ether oxygens (including phenoxy) is 1. The SMILES string of the molecule is Cc1sc2nc(CSC(C)C(=O)Oc3ccccc3C(F)(F)F)[nH]c(=O)c2c1C. The fraction of sp³-hybridized carbons (Fsp3) is 0.316. The van der Waals surface area contributed by atoms with Crippen molar-refractivity contribution in [3.05, 3.63) is 56.4 Å². The Morgan fingerprint density at radius 1 is 1.31 bits per heavy atom. The molecule has 5 nitrogen and oxygen atoms in total. The Morgan fingerprint density at radius 3 is 2.69 bits per heavy atom. The van der Waals surface area contributed by atoms with E-state index in [2.05, 4.69) is 9.97 Å². The maximum atomic E-state index is 13.0. The number of thiophene rings is 1. The van der Waals surface area contributed by atoms with Crippen LogP contribution in [-0.2, 0) is 16.7 Å². The number of para-hydroxylation sites is 1. The van der Waals surface area contributed by atoms with E-state index in [1.165, 1.54) is 30.4 Å². The van der Waals surface area contributed by atoms with E-state index in [-0.39, 0.29) is 11.3 Å². The average Bonchev–Trinajstić information content (AvgIpc) is 2.93. The lowest BCUT2D eigenvalue weighted by atomic mass is 10.2. The van der Waals surface area contributed by atoms with E-state index >= 15 is 0 Å². The molecule has 0 saturated carbocycles. The Labute approximate surface area is 172 Å². The smallest absolute Gasteiger partial charge is 0.419 e. The standard InChI is InChI=1S/C19H17F3N2O3S2/c1-9-10(2)29-17-15(9)16(25)23-14(24-17)8-28-11(3)18(26)27-13-7-5-4-6-12(13)19(20,21)22/h4-7,11H,8H2,1-3H3,(H,23,24,25). The molecule has 0 radical (unpaired) electrons. The monoisotopic (exact) mass is 442 g/mol. The molecule has 0 spiro atoms. The summed E-state index contributed by atoms with van der Waals surface area (Å²) in [4.78, 5) is 33.3. The van der Waals surface area contributed by atoms with Gasteiger partial charge in [-0.3, -0.25) is 9.59 Å². The predicted octanol–water partition coefficient (Wildman–Crippen LogP) is 4.85. The Hall–Kier alpha value is -2.33. The summed E-state index contributed by atoms with van der Waals surface area (Å²) in [5.41, 5.74) is -0.370. The third-order valence-electron chi connectivity index (χ3n) is 4.29. The zero-order chi connectivity index (χ0) is 21.3. The highest BCUT2D eigenvalue weighted by molar-refractivity contribution is 7.99. The Kier molecular flexibility index (Phi) is 6.04. The third kappa shape index (κ3) is 4.64. The van der Waals surface area contributed by atoms with E-state index < -0.39 is 28.7 Å². The van der Waals surface area contributed by atoms with Crippen LogP contribution in [0.2, 0.25) is 0 Å². The number of carbonyl (C=O) groups is 1. The topological polar surface area (TPSA) is 72.0 Å². The summed E-state index contributed by atoms with van der Waals surface area (Å²) in [6, 6.07) is 4.55. The Balaban J connectivity index is 1.70. The van der Waals surface area contributed by atoms with Gasteiger partial charge in [0, 0.05) is 4.88 Å². The number of aromatic nitrogens is 2. The highest BCUT2D eigenvalue weighted by Gasteiger charge is 2.35. The minimum atomic E-state index is -4.62. The number of thioether (sulfide) groups is 1. The molecule has 154 valence electrons. The number of nitrogens with one attached hydrogen (secondary N) is 1. The van der Waals surface area contributed by atoms with Gasteiger partial charge in [-0.05, 0) is 38.5 Å². The zero-order valence-corrected chi connectivity index (χ0v) is 17.3. The number of H-pyrrole nitrogens is 1. The number of carbonyl (C=O) groups excluding carboxylic acids is 1. The highest BCUT2D eigenvalue weighted by Crippen LogP contribution is 2.36. The van der Waals surface area contributed by atoms with Crippen LogP contribution in [-0.4, -0.2) is 21.2 Å². The fourth-order valence-electron chi connectivity index (χ4n) is 2.62. The fourth-order valence-corrected chi connectivity index (χ4v) is 4.40. The molecule has 2 heterocycles. The number of fused-ring (bicyclic) bond motifs is 1. The first kappa shape index (κ1) is 21.4. The van der Waals surface area contributed by atoms with Crippen LogP contribution >= 0.6 is 23.1 Å². The van der Waals surface area contributed by atoms with E-state index in [1.807, 2.05) is 13.8 Å². The van der Waals surface area contributed by atoms with Crippen molar-refractivity contribution >= 4 is 39.3 Å². The maximum Gasteiger partial charge on any atom is 0.419 e. The number of benzene rings is 1. The van der Waals surface area contributed by atoms with Crippen molar-refractivity contribution in [3.63, 3.8) is 0 Å². The van der Waals surface area contributed by atoms with Crippen molar-refractivity contribution in [1.29, 1.82) is 0 Å². The molecule has 0 bridgehead atoms. The second-order valence-corrected chi connectivity index (χ2v) is 8.88. The van der Waals surface area contributed by atoms with Crippen LogP contribution in [0, 0.1) is 13.8 Å². The van der Waals surface area contributed by atoms with Crippen LogP contribution in [0.4, 0.5) is 13.2 Å². The largest absolute Gasteiger partial charge is 0.425 e. The van der Waals surface area contributed by atoms with Gasteiger partial charge >= 0.3 is 12.1 Å². The van der Waals surface area contributed by atoms with Gasteiger partial charge in [-0.15, -0.1) is 23.1 Å². The number of hydrogen-bond acceptors (Lipinski definition) is 6. The Bertz CT molecular complexity index is 1120. The lowest BCUT2D eigenvalue weighted by Crippen LogP contribution is -2.22. The van der Waals surface area contributed by atoms with E-state index in [9.17, 15) is 22.8 Å². The number of halogens is 3. The number of alkyl halides is 3. The lowest BCUT2D eigenvalue weighted by Gasteiger charge is -2.15. The number of nitrogens with zero attached hydrogens (tertiary/aromatic N) is 1. The molecule has 1 N–H and O–H groups in total. The third-order valence-corrected chi connectivity index (χ3v) is 6.53. The summed E-state index contributed by atoms with van der Waals surface area (Å²) >= 11 is 2.53. The minimum Gasteiger partial charge on any atom is -0.425 e. The van der Waals surface area contributed by atoms with Crippen LogP contribution in [0.3, 0.4) is 0 Å². The first-order chi connectivity index (χ1) is 13.6. The summed E-state index contributed by atoms with van der Waals surface area (Å²) in [6.45, 7) is 5.29. The second kappa shape index (κ2) is 8.19. The van der Waals surface area contributed by atoms with Gasteiger partial charge in [-0.2, -0.15) is 13.2 Å². The molecule has 1 unspecified atom stereocenters. The van der Waals surface area contributed by atoms with Crippen molar-refractivity contribution < 1.29 is 22.7 Å². The van der Waals surface area contributed by atoms with Crippen LogP contribution in [0.5, 0.6) is 5.75 Å². The van der Waals surface area contributed by atoms with Crippen LogP contribution in [0.1, 0.15) is 28.8 Å². The second-order valence-electron chi connectivity index (χ2n) is 6.34. The van der Waals surface area contributed by atoms with E-state index in [4.69, 9.17) is 4.74 Å². The van der Waals surface area contributed by atoms with Crippen molar-refractivity contribution in [1.82, 2.24) is 9.97 Å². The van der Waals surface area contributed by atoms with Crippen LogP contribution < -0.4 is 10.3 Å². The van der Waals surface area contributed by atoms with E-state index in [0.717, 1.165) is 34.3 Å². The molecular weight excluding hydrogens is 425 g/mol. The van der Waals surface area contributed by atoms with Gasteiger partial charge in [0.05, 0.1) is 16.7 Å². The first-order valence-corrected chi connectivity index (χ1v) is 10.4. The average molecular weight is 442 g/mol. The summed E-state index contributed by atoms with van der Waals surface area (Å²) in [6.07, 6.45) is -4.62. The van der Waals surface area contributed by atoms with Gasteiger partial charge in [0.25, 0.3) is 5.56 Å². The lowest BCUT2D eigenvalue weighted by molar-refractivity contribution is -0.142.